The van der Waals surface area contributed by atoms with E-state index in [1.54, 1.807) is 6.92 Å². The van der Waals surface area contributed by atoms with Gasteiger partial charge in [-0.2, -0.15) is 0 Å². The van der Waals surface area contributed by atoms with Crippen molar-refractivity contribution < 1.29 is 27.3 Å². The van der Waals surface area contributed by atoms with Crippen LogP contribution < -0.4 is 0 Å². The molecule has 2 unspecified atom stereocenters. The second kappa shape index (κ2) is 10.8. The van der Waals surface area contributed by atoms with Crippen LogP contribution in [0.5, 0.6) is 0 Å². The summed E-state index contributed by atoms with van der Waals surface area (Å²) in [6.07, 6.45) is 0.257. The molecular weight excluding hydrogens is 372 g/mol. The van der Waals surface area contributed by atoms with Gasteiger partial charge < -0.3 is 22.5 Å². The maximum atomic E-state index is 11.8. The third-order valence-corrected chi connectivity index (χ3v) is 10.7. The lowest BCUT2D eigenvalue weighted by Gasteiger charge is -2.34. The number of rotatable bonds is 12. The largest absolute Gasteiger partial charge is 0.463 e. The van der Waals surface area contributed by atoms with E-state index in [1.165, 1.54) is 0 Å². The van der Waals surface area contributed by atoms with Crippen LogP contribution in [-0.2, 0) is 22.2 Å². The summed E-state index contributed by atoms with van der Waals surface area (Å²) in [4.78, 5) is 11.8. The molecule has 0 saturated carbocycles. The average molecular weight is 409 g/mol. The van der Waals surface area contributed by atoms with Gasteiger partial charge in [-0.15, -0.1) is 0 Å². The molecule has 0 aliphatic carbocycles. The molecule has 0 heterocycles. The summed E-state index contributed by atoms with van der Waals surface area (Å²) in [6.45, 7) is 19.4. The number of esters is 1. The zero-order valence-corrected chi connectivity index (χ0v) is 20.2. The number of hydrogen-bond donors (Lipinski definition) is 1. The average Bonchev–Trinajstić information content (AvgIpc) is 2.40. The van der Waals surface area contributed by atoms with E-state index < -0.39 is 44.3 Å². The zero-order valence-electron chi connectivity index (χ0n) is 17.0. The van der Waals surface area contributed by atoms with E-state index in [2.05, 4.69) is 45.9 Å². The third kappa shape index (κ3) is 11.8. The van der Waals surface area contributed by atoms with Crippen LogP contribution in [0.3, 0.4) is 0 Å². The molecule has 0 aromatic heterocycles. The Hall–Kier alpha value is -0.299. The maximum Gasteiger partial charge on any atom is 0.463 e. The van der Waals surface area contributed by atoms with Crippen LogP contribution in [0.1, 0.15) is 26.7 Å². The molecular formula is C16H36O6Si3. The molecule has 0 radical (unpaired) electrons. The van der Waals surface area contributed by atoms with E-state index in [1.807, 2.05) is 6.92 Å². The van der Waals surface area contributed by atoms with Crippen molar-refractivity contribution in [3.05, 3.63) is 12.2 Å². The topological polar surface area (TPSA) is 74.2 Å². The molecule has 0 aromatic rings. The highest BCUT2D eigenvalue weighted by Crippen LogP contribution is 2.19. The summed E-state index contributed by atoms with van der Waals surface area (Å²) < 4.78 is 23.9. The third-order valence-electron chi connectivity index (χ3n) is 2.96. The summed E-state index contributed by atoms with van der Waals surface area (Å²) in [5, 5.41) is 9.70. The van der Waals surface area contributed by atoms with Crippen molar-refractivity contribution in [1.82, 2.24) is 0 Å². The number of carbonyl (C=O) groups is 1. The van der Waals surface area contributed by atoms with Gasteiger partial charge in [0.15, 0.2) is 16.6 Å². The highest BCUT2D eigenvalue weighted by atomic mass is 28.5. The second-order valence-electron chi connectivity index (χ2n) is 8.12. The zero-order chi connectivity index (χ0) is 19.8. The number of aliphatic hydroxyl groups is 1. The Labute approximate surface area is 156 Å². The first-order chi connectivity index (χ1) is 11.3. The quantitative estimate of drug-likeness (QED) is 0.304. The number of aliphatic hydroxyl groups excluding tert-OH is 1. The van der Waals surface area contributed by atoms with Crippen LogP contribution in [0.2, 0.25) is 39.3 Å². The van der Waals surface area contributed by atoms with Crippen molar-refractivity contribution in [2.45, 2.75) is 78.2 Å². The molecule has 2 atom stereocenters. The van der Waals surface area contributed by atoms with Crippen LogP contribution in [0.15, 0.2) is 12.2 Å². The van der Waals surface area contributed by atoms with E-state index in [0.717, 1.165) is 6.42 Å². The van der Waals surface area contributed by atoms with E-state index in [0.29, 0.717) is 12.0 Å². The van der Waals surface area contributed by atoms with Gasteiger partial charge in [-0.3, -0.25) is 0 Å². The monoisotopic (exact) mass is 408 g/mol. The standard InChI is InChI=1S/C16H36O6Si3/c1-10-11-14(15(12-17)19-16(18)13(2)3)20-23(21-24(4,5)6)22-25(7,8)9/h14-15,17,23H,2,10-12H2,1,3-9H3. The van der Waals surface area contributed by atoms with E-state index in [4.69, 9.17) is 17.4 Å². The van der Waals surface area contributed by atoms with Crippen LogP contribution in [-0.4, -0.2) is 56.1 Å². The van der Waals surface area contributed by atoms with Crippen LogP contribution in [0.25, 0.3) is 0 Å². The lowest BCUT2D eigenvalue weighted by molar-refractivity contribution is -0.153. The minimum absolute atomic E-state index is 0.291. The summed E-state index contributed by atoms with van der Waals surface area (Å²) in [6, 6.07) is 0. The summed E-state index contributed by atoms with van der Waals surface area (Å²) in [5.74, 6) is -0.529. The minimum atomic E-state index is -2.41. The molecule has 0 bridgehead atoms. The van der Waals surface area contributed by atoms with Gasteiger partial charge in [-0.25, -0.2) is 4.79 Å². The van der Waals surface area contributed by atoms with Gasteiger partial charge >= 0.3 is 15.5 Å². The molecule has 6 nitrogen and oxygen atoms in total. The van der Waals surface area contributed by atoms with Gasteiger partial charge in [0.25, 0.3) is 0 Å². The van der Waals surface area contributed by atoms with E-state index >= 15 is 0 Å². The van der Waals surface area contributed by atoms with Gasteiger partial charge in [-0.05, 0) is 52.6 Å². The molecule has 1 N–H and O–H groups in total. The van der Waals surface area contributed by atoms with Crippen molar-refractivity contribution in [3.8, 4) is 0 Å². The van der Waals surface area contributed by atoms with Crippen molar-refractivity contribution in [3.63, 3.8) is 0 Å². The highest BCUT2D eigenvalue weighted by Gasteiger charge is 2.35. The summed E-state index contributed by atoms with van der Waals surface area (Å²) >= 11 is 0. The molecule has 0 fully saturated rings. The predicted octanol–water partition coefficient (Wildman–Crippen LogP) is 3.07. The Morgan fingerprint density at radius 2 is 1.56 bits per heavy atom. The first-order valence-electron chi connectivity index (χ1n) is 8.77. The summed E-state index contributed by atoms with van der Waals surface area (Å²) in [5.41, 5.74) is 0.291. The van der Waals surface area contributed by atoms with E-state index in [-0.39, 0.29) is 6.61 Å². The predicted molar refractivity (Wildman–Crippen MR) is 108 cm³/mol. The molecule has 25 heavy (non-hydrogen) atoms. The molecule has 0 amide bonds. The molecule has 0 rings (SSSR count). The van der Waals surface area contributed by atoms with Gasteiger partial charge in [0.05, 0.1) is 12.7 Å². The normalized spacial score (nSPS) is 15.1. The maximum absolute atomic E-state index is 11.8. The Balaban J connectivity index is 5.27. The van der Waals surface area contributed by atoms with Gasteiger partial charge in [0.1, 0.15) is 6.10 Å². The molecule has 0 saturated heterocycles. The first-order valence-corrected chi connectivity index (χ1v) is 17.0. The second-order valence-corrected chi connectivity index (χ2v) is 19.3. The molecule has 148 valence electrons. The first kappa shape index (κ1) is 24.7. The van der Waals surface area contributed by atoms with Crippen LogP contribution in [0.4, 0.5) is 0 Å². The fourth-order valence-corrected chi connectivity index (χ4v) is 8.18. The van der Waals surface area contributed by atoms with Crippen molar-refractivity contribution in [1.29, 1.82) is 0 Å². The number of carbonyl (C=O) groups excluding carboxylic acids is 1. The molecule has 0 aliphatic heterocycles. The Kier molecular flexibility index (Phi) is 10.6. The van der Waals surface area contributed by atoms with Crippen molar-refractivity contribution >= 4 is 32.1 Å². The van der Waals surface area contributed by atoms with Crippen LogP contribution >= 0.6 is 0 Å². The van der Waals surface area contributed by atoms with Gasteiger partial charge in [0, 0.05) is 5.57 Å². The van der Waals surface area contributed by atoms with Gasteiger partial charge in [-0.1, -0.05) is 19.9 Å². The number of hydrogen-bond acceptors (Lipinski definition) is 6. The lowest BCUT2D eigenvalue weighted by Crippen LogP contribution is -2.49. The lowest BCUT2D eigenvalue weighted by atomic mass is 10.1. The van der Waals surface area contributed by atoms with Gasteiger partial charge in [0.2, 0.25) is 0 Å². The highest BCUT2D eigenvalue weighted by molar-refractivity contribution is 6.79. The molecule has 0 aliphatic rings. The Morgan fingerprint density at radius 1 is 1.08 bits per heavy atom. The molecule has 9 heteroatoms. The smallest absolute Gasteiger partial charge is 0.454 e. The Bertz CT molecular complexity index is 415. The Morgan fingerprint density at radius 3 is 1.88 bits per heavy atom. The van der Waals surface area contributed by atoms with Crippen LogP contribution in [0, 0.1) is 0 Å². The molecule has 0 spiro atoms. The fraction of sp³-hybridized carbons (Fsp3) is 0.812. The van der Waals surface area contributed by atoms with E-state index in [9.17, 15) is 9.90 Å². The fourth-order valence-electron chi connectivity index (χ4n) is 1.89. The summed E-state index contributed by atoms with van der Waals surface area (Å²) in [7, 11) is -6.12. The van der Waals surface area contributed by atoms with Crippen molar-refractivity contribution in [2.75, 3.05) is 6.61 Å². The SMILES string of the molecule is C=C(C)C(=O)OC(CO)C(CCC)O[SiH](O[Si](C)(C)C)O[Si](C)(C)C. The number of ether oxygens (including phenoxy) is 1. The minimum Gasteiger partial charge on any atom is -0.454 e. The molecule has 0 aromatic carbocycles. The van der Waals surface area contributed by atoms with Crippen molar-refractivity contribution in [2.24, 2.45) is 0 Å².